The Bertz CT molecular complexity index is 1200. The Morgan fingerprint density at radius 1 is 0.903 bits per heavy atom. The van der Waals surface area contributed by atoms with Crippen LogP contribution in [0.3, 0.4) is 0 Å². The maximum absolute atomic E-state index is 13.0. The number of nitrogens with zero attached hydrogens (tertiary/aromatic N) is 3. The third-order valence-electron chi connectivity index (χ3n) is 4.95. The molecule has 0 bridgehead atoms. The molecule has 0 saturated carbocycles. The molecule has 0 atom stereocenters. The highest BCUT2D eigenvalue weighted by Crippen LogP contribution is 2.24. The lowest BCUT2D eigenvalue weighted by atomic mass is 10.1. The summed E-state index contributed by atoms with van der Waals surface area (Å²) in [6.07, 6.45) is 1.67. The molecule has 7 nitrogen and oxygen atoms in total. The first kappa shape index (κ1) is 20.3. The first-order valence-corrected chi connectivity index (χ1v) is 10.2. The second-order valence-electron chi connectivity index (χ2n) is 7.00. The summed E-state index contributed by atoms with van der Waals surface area (Å²) in [5, 5.41) is 10.8. The number of nitrogens with one attached hydrogen (secondary N) is 2. The molecule has 31 heavy (non-hydrogen) atoms. The van der Waals surface area contributed by atoms with E-state index >= 15 is 0 Å². The van der Waals surface area contributed by atoms with Gasteiger partial charge in [-0.15, -0.1) is 0 Å². The lowest BCUT2D eigenvalue weighted by Crippen LogP contribution is -2.34. The Morgan fingerprint density at radius 3 is 2.23 bits per heavy atom. The second kappa shape index (κ2) is 9.21. The van der Waals surface area contributed by atoms with Crippen LogP contribution in [0.2, 0.25) is 0 Å². The number of carbonyl (C=O) groups is 2. The number of rotatable bonds is 7. The zero-order chi connectivity index (χ0) is 21.6. The predicted molar refractivity (Wildman–Crippen MR) is 120 cm³/mol. The van der Waals surface area contributed by atoms with Crippen LogP contribution in [0.5, 0.6) is 0 Å². The molecule has 2 amide bonds. The van der Waals surface area contributed by atoms with Crippen molar-refractivity contribution in [1.29, 1.82) is 0 Å². The largest absolute Gasteiger partial charge is 0.350 e. The van der Waals surface area contributed by atoms with E-state index in [2.05, 4.69) is 15.7 Å². The Balaban J connectivity index is 1.50. The molecule has 4 aromatic rings. The fourth-order valence-electron chi connectivity index (χ4n) is 3.36. The zero-order valence-electron chi connectivity index (χ0n) is 17.2. The number of aromatic nitrogens is 3. The van der Waals surface area contributed by atoms with E-state index in [-0.39, 0.29) is 11.8 Å². The van der Waals surface area contributed by atoms with Gasteiger partial charge in [-0.2, -0.15) is 5.10 Å². The molecule has 0 fully saturated rings. The van der Waals surface area contributed by atoms with Crippen LogP contribution in [0.25, 0.3) is 22.3 Å². The van der Waals surface area contributed by atoms with E-state index in [0.717, 1.165) is 5.56 Å². The fourth-order valence-corrected chi connectivity index (χ4v) is 3.36. The van der Waals surface area contributed by atoms with Crippen molar-refractivity contribution in [2.75, 3.05) is 13.1 Å². The van der Waals surface area contributed by atoms with Gasteiger partial charge in [0.1, 0.15) is 0 Å². The number of hydrogen-bond acceptors (Lipinski definition) is 4. The molecule has 2 N–H and O–H groups in total. The molecular weight excluding hydrogens is 390 g/mol. The standard InChI is InChI=1S/C24H23N5O2/c1-2-29-22-20(16-27-29)19(15-21(28-22)17-9-5-3-6-10-17)24(31)26-14-13-25-23(30)18-11-7-4-8-12-18/h3-12,15-16H,2,13-14H2,1H3,(H,25,30)(H,26,31). The number of carbonyl (C=O) groups excluding carboxylic acids is 2. The third kappa shape index (κ3) is 4.45. The van der Waals surface area contributed by atoms with Crippen molar-refractivity contribution in [2.24, 2.45) is 0 Å². The van der Waals surface area contributed by atoms with E-state index in [4.69, 9.17) is 4.98 Å². The summed E-state index contributed by atoms with van der Waals surface area (Å²) >= 11 is 0. The second-order valence-corrected chi connectivity index (χ2v) is 7.00. The highest BCUT2D eigenvalue weighted by atomic mass is 16.2. The molecule has 2 aromatic heterocycles. The molecule has 0 aliphatic carbocycles. The van der Waals surface area contributed by atoms with Crippen LogP contribution in [-0.4, -0.2) is 39.7 Å². The quantitative estimate of drug-likeness (QED) is 0.455. The summed E-state index contributed by atoms with van der Waals surface area (Å²) in [5.41, 5.74) is 3.41. The minimum Gasteiger partial charge on any atom is -0.350 e. The fraction of sp³-hybridized carbons (Fsp3) is 0.167. The van der Waals surface area contributed by atoms with Gasteiger partial charge in [-0.1, -0.05) is 48.5 Å². The molecule has 0 spiro atoms. The van der Waals surface area contributed by atoms with Crippen LogP contribution in [0, 0.1) is 0 Å². The molecule has 7 heteroatoms. The SMILES string of the molecule is CCn1ncc2c(C(=O)NCCNC(=O)c3ccccc3)cc(-c3ccccc3)nc21. The van der Waals surface area contributed by atoms with Gasteiger partial charge in [-0.05, 0) is 25.1 Å². The molecule has 0 radical (unpaired) electrons. The van der Waals surface area contributed by atoms with Gasteiger partial charge >= 0.3 is 0 Å². The van der Waals surface area contributed by atoms with Gasteiger partial charge in [0.15, 0.2) is 5.65 Å². The van der Waals surface area contributed by atoms with Crippen molar-refractivity contribution < 1.29 is 9.59 Å². The zero-order valence-corrected chi connectivity index (χ0v) is 17.2. The van der Waals surface area contributed by atoms with Gasteiger partial charge in [0.05, 0.1) is 22.8 Å². The molecule has 0 unspecified atom stereocenters. The topological polar surface area (TPSA) is 88.9 Å². The summed E-state index contributed by atoms with van der Waals surface area (Å²) in [4.78, 5) is 29.8. The molecule has 0 saturated heterocycles. The van der Waals surface area contributed by atoms with Crippen LogP contribution in [-0.2, 0) is 6.54 Å². The summed E-state index contributed by atoms with van der Waals surface area (Å²) in [5.74, 6) is -0.397. The number of benzene rings is 2. The molecule has 0 aliphatic rings. The number of hydrogen-bond donors (Lipinski definition) is 2. The van der Waals surface area contributed by atoms with Crippen molar-refractivity contribution in [3.63, 3.8) is 0 Å². The number of pyridine rings is 1. The van der Waals surface area contributed by atoms with E-state index in [1.165, 1.54) is 0 Å². The third-order valence-corrected chi connectivity index (χ3v) is 4.95. The molecule has 4 rings (SSSR count). The highest BCUT2D eigenvalue weighted by molar-refractivity contribution is 6.06. The van der Waals surface area contributed by atoms with Gasteiger partial charge < -0.3 is 10.6 Å². The van der Waals surface area contributed by atoms with Crippen molar-refractivity contribution in [3.8, 4) is 11.3 Å². The summed E-state index contributed by atoms with van der Waals surface area (Å²) < 4.78 is 1.78. The number of amides is 2. The van der Waals surface area contributed by atoms with Crippen LogP contribution in [0.4, 0.5) is 0 Å². The minimum absolute atomic E-state index is 0.170. The molecule has 0 aliphatic heterocycles. The van der Waals surface area contributed by atoms with Gasteiger partial charge in [0, 0.05) is 30.8 Å². The summed E-state index contributed by atoms with van der Waals surface area (Å²) in [6.45, 7) is 3.27. The van der Waals surface area contributed by atoms with E-state index in [1.807, 2.05) is 55.5 Å². The van der Waals surface area contributed by atoms with Crippen LogP contribution >= 0.6 is 0 Å². The van der Waals surface area contributed by atoms with Crippen molar-refractivity contribution in [3.05, 3.63) is 84.1 Å². The van der Waals surface area contributed by atoms with E-state index in [1.54, 1.807) is 29.1 Å². The highest BCUT2D eigenvalue weighted by Gasteiger charge is 2.17. The van der Waals surface area contributed by atoms with Gasteiger partial charge in [-0.25, -0.2) is 9.67 Å². The Labute approximate surface area is 180 Å². The van der Waals surface area contributed by atoms with Crippen LogP contribution in [0.1, 0.15) is 27.6 Å². The average molecular weight is 413 g/mol. The van der Waals surface area contributed by atoms with Gasteiger partial charge in [0.2, 0.25) is 0 Å². The van der Waals surface area contributed by atoms with Crippen molar-refractivity contribution in [1.82, 2.24) is 25.4 Å². The van der Waals surface area contributed by atoms with Crippen molar-refractivity contribution >= 4 is 22.8 Å². The van der Waals surface area contributed by atoms with Crippen LogP contribution in [0.15, 0.2) is 72.9 Å². The molecule has 156 valence electrons. The van der Waals surface area contributed by atoms with Gasteiger partial charge in [-0.3, -0.25) is 9.59 Å². The van der Waals surface area contributed by atoms with E-state index in [9.17, 15) is 9.59 Å². The molecule has 2 aromatic carbocycles. The Morgan fingerprint density at radius 2 is 1.55 bits per heavy atom. The Hall–Kier alpha value is -4.00. The maximum Gasteiger partial charge on any atom is 0.252 e. The first-order chi connectivity index (χ1) is 15.2. The number of fused-ring (bicyclic) bond motifs is 1. The monoisotopic (exact) mass is 413 g/mol. The van der Waals surface area contributed by atoms with E-state index in [0.29, 0.717) is 47.5 Å². The first-order valence-electron chi connectivity index (χ1n) is 10.2. The summed E-state index contributed by atoms with van der Waals surface area (Å²) in [6, 6.07) is 20.5. The Kier molecular flexibility index (Phi) is 6.03. The van der Waals surface area contributed by atoms with Crippen LogP contribution < -0.4 is 10.6 Å². The summed E-state index contributed by atoms with van der Waals surface area (Å²) in [7, 11) is 0. The predicted octanol–water partition coefficient (Wildman–Crippen LogP) is 3.28. The van der Waals surface area contributed by atoms with Gasteiger partial charge in [0.25, 0.3) is 11.8 Å². The lowest BCUT2D eigenvalue weighted by Gasteiger charge is -2.10. The smallest absolute Gasteiger partial charge is 0.252 e. The normalized spacial score (nSPS) is 10.7. The molecule has 2 heterocycles. The average Bonchev–Trinajstić information content (AvgIpc) is 3.25. The molecular formula is C24H23N5O2. The maximum atomic E-state index is 13.0. The lowest BCUT2D eigenvalue weighted by molar-refractivity contribution is 0.0928. The van der Waals surface area contributed by atoms with Crippen molar-refractivity contribution in [2.45, 2.75) is 13.5 Å². The minimum atomic E-state index is -0.228. The van der Waals surface area contributed by atoms with E-state index < -0.39 is 0 Å². The number of aryl methyl sites for hydroxylation is 1.